The molecule has 2 aromatic rings. The van der Waals surface area contributed by atoms with Crippen LogP contribution in [0, 0.1) is 26.7 Å². The second-order valence-corrected chi connectivity index (χ2v) is 5.97. The summed E-state index contributed by atoms with van der Waals surface area (Å²) in [6.45, 7) is 12.7. The van der Waals surface area contributed by atoms with Crippen LogP contribution in [0.2, 0.25) is 0 Å². The summed E-state index contributed by atoms with van der Waals surface area (Å²) in [5.74, 6) is 0.685. The molecule has 1 heterocycles. The van der Waals surface area contributed by atoms with Crippen LogP contribution in [0.5, 0.6) is 0 Å². The summed E-state index contributed by atoms with van der Waals surface area (Å²) in [4.78, 5) is 0. The Balaban J connectivity index is 2.15. The first-order valence-corrected chi connectivity index (χ1v) is 7.31. The normalized spacial score (nSPS) is 11.3. The lowest BCUT2D eigenvalue weighted by molar-refractivity contribution is 0.551. The molecule has 1 aromatic heterocycles. The number of hydrogen-bond donors (Lipinski definition) is 1. The van der Waals surface area contributed by atoms with Gasteiger partial charge in [0.2, 0.25) is 0 Å². The Morgan fingerprint density at radius 3 is 2.45 bits per heavy atom. The SMILES string of the molecule is Cc1cc(C)n(-c2ccc(CNCC(C)C)c(C)c2)n1. The van der Waals surface area contributed by atoms with Crippen LogP contribution in [-0.4, -0.2) is 16.3 Å². The van der Waals surface area contributed by atoms with E-state index in [1.165, 1.54) is 16.8 Å². The maximum atomic E-state index is 4.54. The van der Waals surface area contributed by atoms with Crippen molar-refractivity contribution < 1.29 is 0 Å². The highest BCUT2D eigenvalue weighted by molar-refractivity contribution is 5.40. The third-order valence-electron chi connectivity index (χ3n) is 3.45. The Labute approximate surface area is 122 Å². The Hall–Kier alpha value is -1.61. The van der Waals surface area contributed by atoms with Gasteiger partial charge in [0.05, 0.1) is 11.4 Å². The molecule has 1 N–H and O–H groups in total. The lowest BCUT2D eigenvalue weighted by atomic mass is 10.1. The van der Waals surface area contributed by atoms with Gasteiger partial charge in [-0.1, -0.05) is 19.9 Å². The summed E-state index contributed by atoms with van der Waals surface area (Å²) in [6.07, 6.45) is 0. The molecule has 0 amide bonds. The molecule has 0 atom stereocenters. The van der Waals surface area contributed by atoms with Crippen LogP contribution >= 0.6 is 0 Å². The number of rotatable bonds is 5. The van der Waals surface area contributed by atoms with E-state index in [1.54, 1.807) is 0 Å². The number of aromatic nitrogens is 2. The number of benzene rings is 1. The molecule has 3 nitrogen and oxygen atoms in total. The zero-order chi connectivity index (χ0) is 14.7. The van der Waals surface area contributed by atoms with E-state index in [9.17, 15) is 0 Å². The average molecular weight is 271 g/mol. The highest BCUT2D eigenvalue weighted by Gasteiger charge is 2.06. The molecule has 0 aliphatic rings. The molecule has 0 radical (unpaired) electrons. The predicted octanol–water partition coefficient (Wildman–Crippen LogP) is 3.54. The second kappa shape index (κ2) is 6.23. The topological polar surface area (TPSA) is 29.9 Å². The quantitative estimate of drug-likeness (QED) is 0.901. The third-order valence-corrected chi connectivity index (χ3v) is 3.45. The Morgan fingerprint density at radius 1 is 1.15 bits per heavy atom. The monoisotopic (exact) mass is 271 g/mol. The van der Waals surface area contributed by atoms with Crippen LogP contribution in [0.1, 0.15) is 36.4 Å². The van der Waals surface area contributed by atoms with Crippen molar-refractivity contribution in [3.63, 3.8) is 0 Å². The van der Waals surface area contributed by atoms with Crippen molar-refractivity contribution in [2.24, 2.45) is 5.92 Å². The fourth-order valence-electron chi connectivity index (χ4n) is 2.40. The molecule has 20 heavy (non-hydrogen) atoms. The second-order valence-electron chi connectivity index (χ2n) is 5.97. The van der Waals surface area contributed by atoms with Gasteiger partial charge in [0.15, 0.2) is 0 Å². The minimum Gasteiger partial charge on any atom is -0.312 e. The summed E-state index contributed by atoms with van der Waals surface area (Å²) in [6, 6.07) is 8.67. The van der Waals surface area contributed by atoms with Gasteiger partial charge in [0.25, 0.3) is 0 Å². The number of nitrogens with one attached hydrogen (secondary N) is 1. The Kier molecular flexibility index (Phi) is 4.61. The molecule has 3 heteroatoms. The van der Waals surface area contributed by atoms with Crippen molar-refractivity contribution in [3.05, 3.63) is 46.8 Å². The molecule has 0 bridgehead atoms. The first-order valence-electron chi connectivity index (χ1n) is 7.31. The van der Waals surface area contributed by atoms with Crippen LogP contribution in [0.25, 0.3) is 5.69 Å². The Bertz CT molecular complexity index is 582. The van der Waals surface area contributed by atoms with E-state index < -0.39 is 0 Å². The van der Waals surface area contributed by atoms with E-state index in [1.807, 2.05) is 11.6 Å². The Morgan fingerprint density at radius 2 is 1.90 bits per heavy atom. The van der Waals surface area contributed by atoms with E-state index in [2.05, 4.69) is 62.4 Å². The van der Waals surface area contributed by atoms with Crippen LogP contribution in [0.3, 0.4) is 0 Å². The highest BCUT2D eigenvalue weighted by atomic mass is 15.3. The molecule has 1 aromatic carbocycles. The van der Waals surface area contributed by atoms with E-state index in [-0.39, 0.29) is 0 Å². The smallest absolute Gasteiger partial charge is 0.0651 e. The standard InChI is InChI=1S/C17H25N3/c1-12(2)10-18-11-16-6-7-17(8-13(16)3)20-15(5)9-14(4)19-20/h6-9,12,18H,10-11H2,1-5H3. The van der Waals surface area contributed by atoms with Crippen LogP contribution in [0.15, 0.2) is 24.3 Å². The van der Waals surface area contributed by atoms with Crippen molar-refractivity contribution in [3.8, 4) is 5.69 Å². The van der Waals surface area contributed by atoms with Crippen molar-refractivity contribution in [2.45, 2.75) is 41.2 Å². The lowest BCUT2D eigenvalue weighted by Crippen LogP contribution is -2.19. The van der Waals surface area contributed by atoms with E-state index >= 15 is 0 Å². The van der Waals surface area contributed by atoms with Gasteiger partial charge in [0, 0.05) is 12.2 Å². The number of hydrogen-bond acceptors (Lipinski definition) is 2. The van der Waals surface area contributed by atoms with E-state index in [4.69, 9.17) is 0 Å². The lowest BCUT2D eigenvalue weighted by Gasteiger charge is -2.12. The first-order chi connectivity index (χ1) is 9.47. The minimum absolute atomic E-state index is 0.685. The zero-order valence-corrected chi connectivity index (χ0v) is 13.2. The van der Waals surface area contributed by atoms with Crippen LogP contribution in [-0.2, 0) is 6.54 Å². The van der Waals surface area contributed by atoms with Gasteiger partial charge in [-0.2, -0.15) is 5.10 Å². The van der Waals surface area contributed by atoms with Gasteiger partial charge in [-0.25, -0.2) is 4.68 Å². The third kappa shape index (κ3) is 3.48. The summed E-state index contributed by atoms with van der Waals surface area (Å²) >= 11 is 0. The summed E-state index contributed by atoms with van der Waals surface area (Å²) in [5, 5.41) is 8.03. The molecule has 2 rings (SSSR count). The largest absolute Gasteiger partial charge is 0.312 e. The highest BCUT2D eigenvalue weighted by Crippen LogP contribution is 2.16. The van der Waals surface area contributed by atoms with Gasteiger partial charge < -0.3 is 5.32 Å². The van der Waals surface area contributed by atoms with E-state index in [0.717, 1.165) is 24.5 Å². The molecule has 0 spiro atoms. The fraction of sp³-hybridized carbons (Fsp3) is 0.471. The molecule has 108 valence electrons. The fourth-order valence-corrected chi connectivity index (χ4v) is 2.40. The summed E-state index contributed by atoms with van der Waals surface area (Å²) in [7, 11) is 0. The van der Waals surface area contributed by atoms with E-state index in [0.29, 0.717) is 5.92 Å². The van der Waals surface area contributed by atoms with Gasteiger partial charge in [-0.3, -0.25) is 0 Å². The van der Waals surface area contributed by atoms with Gasteiger partial charge in [-0.15, -0.1) is 0 Å². The minimum atomic E-state index is 0.685. The number of nitrogens with zero attached hydrogens (tertiary/aromatic N) is 2. The molecular weight excluding hydrogens is 246 g/mol. The van der Waals surface area contributed by atoms with Crippen molar-refractivity contribution in [2.75, 3.05) is 6.54 Å². The predicted molar refractivity (Wildman–Crippen MR) is 84.3 cm³/mol. The maximum Gasteiger partial charge on any atom is 0.0651 e. The van der Waals surface area contributed by atoms with Crippen LogP contribution < -0.4 is 5.32 Å². The van der Waals surface area contributed by atoms with Crippen molar-refractivity contribution in [1.29, 1.82) is 0 Å². The molecule has 0 fully saturated rings. The molecule has 0 unspecified atom stereocenters. The molecule has 0 aliphatic carbocycles. The molecule has 0 saturated carbocycles. The van der Waals surface area contributed by atoms with Gasteiger partial charge in [0.1, 0.15) is 0 Å². The van der Waals surface area contributed by atoms with Gasteiger partial charge in [-0.05, 0) is 62.6 Å². The molecule has 0 saturated heterocycles. The molecular formula is C17H25N3. The average Bonchev–Trinajstić information content (AvgIpc) is 2.70. The van der Waals surface area contributed by atoms with Crippen molar-refractivity contribution >= 4 is 0 Å². The van der Waals surface area contributed by atoms with Crippen molar-refractivity contribution in [1.82, 2.24) is 15.1 Å². The first kappa shape index (κ1) is 14.8. The maximum absolute atomic E-state index is 4.54. The van der Waals surface area contributed by atoms with Crippen LogP contribution in [0.4, 0.5) is 0 Å². The van der Waals surface area contributed by atoms with Gasteiger partial charge >= 0.3 is 0 Å². The zero-order valence-electron chi connectivity index (χ0n) is 13.2. The number of aryl methyl sites for hydroxylation is 3. The summed E-state index contributed by atoms with van der Waals surface area (Å²) < 4.78 is 2.01. The molecule has 0 aliphatic heterocycles. The summed E-state index contributed by atoms with van der Waals surface area (Å²) in [5.41, 5.74) is 6.04.